The number of carbonyl (C=O) groups is 1. The van der Waals surface area contributed by atoms with E-state index in [0.717, 1.165) is 0 Å². The molecule has 0 bridgehead atoms. The number of alkyl halides is 1. The number of aliphatic imine (C=N–C) groups is 1. The smallest absolute Gasteiger partial charge is 0.326 e. The molecular weight excluding hydrogens is 284 g/mol. The highest BCUT2D eigenvalue weighted by molar-refractivity contribution is 5.85. The van der Waals surface area contributed by atoms with Gasteiger partial charge in [0.25, 0.3) is 0 Å². The summed E-state index contributed by atoms with van der Waals surface area (Å²) in [5.74, 6) is -0.841. The zero-order valence-corrected chi connectivity index (χ0v) is 11.8. The van der Waals surface area contributed by atoms with Crippen LogP contribution >= 0.6 is 24.8 Å². The van der Waals surface area contributed by atoms with Crippen molar-refractivity contribution in [3.8, 4) is 0 Å². The van der Waals surface area contributed by atoms with Gasteiger partial charge in [0.2, 0.25) is 0 Å². The van der Waals surface area contributed by atoms with Gasteiger partial charge in [-0.3, -0.25) is 9.79 Å². The molecule has 0 heterocycles. The maximum atomic E-state index is 12.4. The van der Waals surface area contributed by atoms with Gasteiger partial charge in [-0.15, -0.1) is 24.8 Å². The highest BCUT2D eigenvalue weighted by Crippen LogP contribution is 2.09. The highest BCUT2D eigenvalue weighted by Gasteiger charge is 2.32. The van der Waals surface area contributed by atoms with Crippen LogP contribution in [0.25, 0.3) is 0 Å². The summed E-state index contributed by atoms with van der Waals surface area (Å²) in [5, 5.41) is 8.67. The summed E-state index contributed by atoms with van der Waals surface area (Å²) >= 11 is 0. The molecule has 1 atom stereocenters. The van der Waals surface area contributed by atoms with Gasteiger partial charge in [-0.05, 0) is 19.8 Å². The highest BCUT2D eigenvalue weighted by atomic mass is 35.5. The van der Waals surface area contributed by atoms with Gasteiger partial charge in [-0.25, -0.2) is 4.39 Å². The molecule has 0 aliphatic carbocycles. The number of nitrogens with zero attached hydrogens (tertiary/aromatic N) is 1. The van der Waals surface area contributed by atoms with E-state index in [4.69, 9.17) is 16.6 Å². The predicted octanol–water partition coefficient (Wildman–Crippen LogP) is 1.30. The van der Waals surface area contributed by atoms with Crippen LogP contribution in [-0.4, -0.2) is 35.7 Å². The van der Waals surface area contributed by atoms with E-state index in [-0.39, 0.29) is 31.2 Å². The Morgan fingerprint density at radius 1 is 1.44 bits per heavy atom. The Morgan fingerprint density at radius 3 is 2.39 bits per heavy atom. The van der Waals surface area contributed by atoms with Crippen LogP contribution in [0, 0.1) is 0 Å². The van der Waals surface area contributed by atoms with Gasteiger partial charge < -0.3 is 16.6 Å². The number of aliphatic carboxylic acids is 1. The molecule has 0 saturated carbocycles. The van der Waals surface area contributed by atoms with E-state index < -0.39 is 18.2 Å². The third-order valence-electron chi connectivity index (χ3n) is 1.97. The third kappa shape index (κ3) is 9.21. The first kappa shape index (κ1) is 22.3. The van der Waals surface area contributed by atoms with Crippen molar-refractivity contribution in [1.82, 2.24) is 0 Å². The molecule has 8 heteroatoms. The van der Waals surface area contributed by atoms with Crippen LogP contribution in [0.1, 0.15) is 19.8 Å². The van der Waals surface area contributed by atoms with Crippen molar-refractivity contribution in [3.63, 3.8) is 0 Å². The fourth-order valence-electron chi connectivity index (χ4n) is 0.926. The zero-order valence-electron chi connectivity index (χ0n) is 10.1. The van der Waals surface area contributed by atoms with E-state index in [0.29, 0.717) is 18.8 Å². The van der Waals surface area contributed by atoms with Gasteiger partial charge in [-0.2, -0.15) is 0 Å². The van der Waals surface area contributed by atoms with Crippen LogP contribution < -0.4 is 11.5 Å². The second-order valence-electron chi connectivity index (χ2n) is 3.58. The lowest BCUT2D eigenvalue weighted by molar-refractivity contribution is -0.143. The molecule has 0 spiro atoms. The van der Waals surface area contributed by atoms with Crippen molar-refractivity contribution >= 4 is 36.6 Å². The zero-order chi connectivity index (χ0) is 12.6. The summed E-state index contributed by atoms with van der Waals surface area (Å²) in [6, 6.07) is 0. The van der Waals surface area contributed by atoms with Crippen molar-refractivity contribution in [2.24, 2.45) is 16.5 Å². The molecule has 0 aromatic carbocycles. The minimum Gasteiger partial charge on any atom is -0.480 e. The minimum absolute atomic E-state index is 0. The molecule has 0 aliphatic heterocycles. The number of rotatable bonds is 7. The monoisotopic (exact) mass is 303 g/mol. The molecule has 0 radical (unpaired) electrons. The van der Waals surface area contributed by atoms with Gasteiger partial charge in [-0.1, -0.05) is 12.2 Å². The first-order valence-electron chi connectivity index (χ1n) is 4.92. The van der Waals surface area contributed by atoms with E-state index in [2.05, 4.69) is 4.99 Å². The predicted molar refractivity (Wildman–Crippen MR) is 75.6 cm³/mol. The maximum Gasteiger partial charge on any atom is 0.326 e. The molecule has 5 nitrogen and oxygen atoms in total. The lowest BCUT2D eigenvalue weighted by Gasteiger charge is -2.18. The summed E-state index contributed by atoms with van der Waals surface area (Å²) in [6.07, 6.45) is 3.85. The third-order valence-corrected chi connectivity index (χ3v) is 1.97. The van der Waals surface area contributed by atoms with E-state index in [1.54, 1.807) is 19.1 Å². The van der Waals surface area contributed by atoms with Crippen molar-refractivity contribution in [3.05, 3.63) is 12.2 Å². The number of carboxylic acids is 1. The Bertz CT molecular complexity index is 297. The van der Waals surface area contributed by atoms with E-state index in [9.17, 15) is 9.18 Å². The first-order valence-corrected chi connectivity index (χ1v) is 4.92. The van der Waals surface area contributed by atoms with Crippen LogP contribution in [0.3, 0.4) is 0 Å². The molecule has 108 valence electrons. The molecule has 0 aromatic rings. The Hall–Kier alpha value is -0.850. The van der Waals surface area contributed by atoms with E-state index >= 15 is 0 Å². The number of nitrogens with two attached hydrogens (primary N) is 2. The van der Waals surface area contributed by atoms with Crippen LogP contribution in [0.15, 0.2) is 17.1 Å². The van der Waals surface area contributed by atoms with Crippen molar-refractivity contribution in [2.75, 3.05) is 13.2 Å². The first-order chi connectivity index (χ1) is 7.42. The standard InChI is InChI=1S/C10H18FN3O2.2ClH/c1-8(12)14-6-4-2-3-5-10(13,7-11)9(15)16;;/h2-3H,4-7,13H2,1H3,(H2,12,14)(H,15,16);2*1H/b3-2-;;/t10-;;/m1../s1. The van der Waals surface area contributed by atoms with Crippen molar-refractivity contribution < 1.29 is 14.3 Å². The number of carboxylic acid groups (broad SMARTS) is 1. The van der Waals surface area contributed by atoms with Gasteiger partial charge in [0.05, 0.1) is 5.84 Å². The van der Waals surface area contributed by atoms with Gasteiger partial charge in [0.15, 0.2) is 0 Å². The second kappa shape index (κ2) is 11.3. The van der Waals surface area contributed by atoms with Gasteiger partial charge >= 0.3 is 5.97 Å². The van der Waals surface area contributed by atoms with E-state index in [1.807, 2.05) is 0 Å². The van der Waals surface area contributed by atoms with Gasteiger partial charge in [0, 0.05) is 6.54 Å². The molecule has 0 unspecified atom stereocenters. The number of hydrogen-bond donors (Lipinski definition) is 3. The molecule has 0 fully saturated rings. The summed E-state index contributed by atoms with van der Waals surface area (Å²) < 4.78 is 12.4. The van der Waals surface area contributed by atoms with E-state index in [1.165, 1.54) is 0 Å². The number of hydrogen-bond acceptors (Lipinski definition) is 3. The Morgan fingerprint density at radius 2 is 2.00 bits per heavy atom. The summed E-state index contributed by atoms with van der Waals surface area (Å²) in [7, 11) is 0. The fraction of sp³-hybridized carbons (Fsp3) is 0.600. The average Bonchev–Trinajstić information content (AvgIpc) is 2.22. The Balaban J connectivity index is -0.00000112. The largest absolute Gasteiger partial charge is 0.480 e. The van der Waals surface area contributed by atoms with Crippen LogP contribution in [0.4, 0.5) is 4.39 Å². The van der Waals surface area contributed by atoms with Crippen LogP contribution in [0.5, 0.6) is 0 Å². The molecule has 0 amide bonds. The SMILES string of the molecule is CC(N)=NCC/C=C\C[C@@](N)(CF)C(=O)O.Cl.Cl. The number of halogens is 3. The Labute approximate surface area is 118 Å². The molecule has 5 N–H and O–H groups in total. The quantitative estimate of drug-likeness (QED) is 0.285. The second-order valence-corrected chi connectivity index (χ2v) is 3.58. The molecular formula is C10H20Cl2FN3O2. The van der Waals surface area contributed by atoms with Crippen LogP contribution in [-0.2, 0) is 4.79 Å². The van der Waals surface area contributed by atoms with Gasteiger partial charge in [0.1, 0.15) is 12.2 Å². The Kier molecular flexibility index (Phi) is 14.0. The summed E-state index contributed by atoms with van der Waals surface area (Å²) in [6.45, 7) is 1.12. The summed E-state index contributed by atoms with van der Waals surface area (Å²) in [5.41, 5.74) is 8.83. The van der Waals surface area contributed by atoms with Crippen molar-refractivity contribution in [1.29, 1.82) is 0 Å². The molecule has 0 rings (SSSR count). The molecule has 18 heavy (non-hydrogen) atoms. The van der Waals surface area contributed by atoms with Crippen LogP contribution in [0.2, 0.25) is 0 Å². The molecule has 0 aliphatic rings. The molecule has 0 aromatic heterocycles. The average molecular weight is 304 g/mol. The lowest BCUT2D eigenvalue weighted by Crippen LogP contribution is -2.49. The maximum absolute atomic E-state index is 12.4. The molecule has 0 saturated heterocycles. The fourth-order valence-corrected chi connectivity index (χ4v) is 0.926. The topological polar surface area (TPSA) is 102 Å². The lowest BCUT2D eigenvalue weighted by atomic mass is 9.98. The van der Waals surface area contributed by atoms with Crippen molar-refractivity contribution in [2.45, 2.75) is 25.3 Å². The normalized spacial score (nSPS) is 14.5. The minimum atomic E-state index is -1.82. The summed E-state index contributed by atoms with van der Waals surface area (Å²) in [4.78, 5) is 14.6. The number of amidine groups is 1.